The van der Waals surface area contributed by atoms with Crippen LogP contribution in [0.4, 0.5) is 4.79 Å². The number of aromatic nitrogens is 4. The van der Waals surface area contributed by atoms with Crippen LogP contribution in [0.25, 0.3) is 32.6 Å². The third-order valence-electron chi connectivity index (χ3n) is 25.4. The number of carboxylic acid groups (broad SMARTS) is 3. The standard InChI is InChI=1S/C101H125N27O18/c102-52-63-29-27-61(28-30-63)46-78(117-94(141)80(49-68-53-111-74-22-8-6-20-72(68)74)118-90(137)76(24-11-35-109-99(103)104)115-93(140)79(48-67-18-10-17-64-14-4-5-19-71(64)67)114-85(129)56-124-38-40-125(57-86(130)131)42-44-127(59-88(134)135)45-43-126(41-39-124)58-87(132)133)92(139)120-82(51-70-55-108-60-113-70)96(143)116-77(25-12-36-110-100(105)106)91(138)119-81(50-69-54-112-75-23-9-7-21-73(69)75)95(142)121-83(98(145)128-37-13-26-84(128)97(144)122-123-101(107)146)47-62-31-33-66(34-32-62)89(136)65-15-2-1-3-16-65/h1-10,14-23,27-34,53-55,60,76-84,111-112H,11-13,24-26,35-52,56-59,102H2,(H,108,113)(H,114,129)(H,115,140)(H,116,143)(H,117,141)(H,118,137)(H,119,138)(H,120,139)(H,121,142)(H,122,144)(H,130,131)(H,132,133)(H,134,135)(H4,103,104,109)(H4,105,106,110)(H3,107,123,146)/t76-,77+,78-,79?,80-,81-,82-,83-,84-/m0/s1. The average molecular weight is 2010 g/mol. The van der Waals surface area contributed by atoms with Gasteiger partial charge in [-0.1, -0.05) is 158 Å². The first-order chi connectivity index (χ1) is 70.3. The van der Waals surface area contributed by atoms with Crippen molar-refractivity contribution < 1.29 is 87.2 Å². The molecule has 10 aromatic rings. The molecule has 0 spiro atoms. The molecule has 12 rings (SSSR count). The van der Waals surface area contributed by atoms with Crippen molar-refractivity contribution in [2.75, 3.05) is 98.2 Å². The van der Waals surface area contributed by atoms with Crippen molar-refractivity contribution in [3.63, 3.8) is 0 Å². The van der Waals surface area contributed by atoms with Crippen LogP contribution in [-0.2, 0) is 107 Å². The maximum atomic E-state index is 16.0. The molecule has 1 unspecified atom stereocenters. The number of H-pyrrole nitrogens is 3. The Hall–Kier alpha value is -16.5. The molecule has 0 radical (unpaired) electrons. The molecule has 2 saturated heterocycles. The number of imidazole rings is 1. The highest BCUT2D eigenvalue weighted by atomic mass is 16.4. The number of hydrogen-bond donors (Lipinski definition) is 24. The van der Waals surface area contributed by atoms with E-state index in [4.69, 9.17) is 33.8 Å². The number of likely N-dealkylation sites (tertiary alicyclic amines) is 1. The zero-order valence-corrected chi connectivity index (χ0v) is 80.4. The summed E-state index contributed by atoms with van der Waals surface area (Å²) in [4.78, 5) is 238. The fraction of sp³-hybridized carbons (Fsp3) is 0.366. The molecule has 5 heterocycles. The fourth-order valence-electron chi connectivity index (χ4n) is 17.9. The van der Waals surface area contributed by atoms with E-state index in [2.05, 4.69) is 78.5 Å². The lowest BCUT2D eigenvalue weighted by Gasteiger charge is -2.33. The molecular formula is C101H125N27O18. The third kappa shape index (κ3) is 32.5. The molecule has 0 aliphatic carbocycles. The third-order valence-corrected chi connectivity index (χ3v) is 25.4. The van der Waals surface area contributed by atoms with E-state index in [0.717, 1.165) is 5.39 Å². The number of hydrogen-bond acceptors (Lipinski definition) is 23. The highest BCUT2D eigenvalue weighted by Gasteiger charge is 2.42. The second-order valence-corrected chi connectivity index (χ2v) is 36.0. The lowest BCUT2D eigenvalue weighted by molar-refractivity contribution is -0.142. The summed E-state index contributed by atoms with van der Waals surface area (Å²) in [5.74, 6) is -13.5. The number of urea groups is 1. The molecule has 772 valence electrons. The van der Waals surface area contributed by atoms with Crippen molar-refractivity contribution in [3.8, 4) is 0 Å². The lowest BCUT2D eigenvalue weighted by atomic mass is 9.97. The summed E-state index contributed by atoms with van der Waals surface area (Å²) >= 11 is 0. The number of amides is 12. The largest absolute Gasteiger partial charge is 0.480 e. The summed E-state index contributed by atoms with van der Waals surface area (Å²) in [6.45, 7) is -0.942. The number of rotatable bonds is 48. The van der Waals surface area contributed by atoms with Crippen molar-refractivity contribution in [2.24, 2.45) is 22.9 Å². The van der Waals surface area contributed by atoms with E-state index < -0.39 is 175 Å². The Morgan fingerprint density at radius 2 is 0.795 bits per heavy atom. The molecule has 0 saturated carbocycles. The number of carbonyl (C=O) groups excluding carboxylic acids is 12. The Labute approximate surface area is 839 Å². The fourth-order valence-corrected chi connectivity index (χ4v) is 17.9. The second-order valence-electron chi connectivity index (χ2n) is 36.0. The number of nitrogens with one attached hydrogen (secondary N) is 17. The van der Waals surface area contributed by atoms with Crippen LogP contribution in [0.15, 0.2) is 195 Å². The predicted molar refractivity (Wildman–Crippen MR) is 540 cm³/mol. The van der Waals surface area contributed by atoms with Crippen molar-refractivity contribution in [1.82, 2.24) is 108 Å². The van der Waals surface area contributed by atoms with Gasteiger partial charge in [0.05, 0.1) is 32.5 Å². The molecule has 2 aliphatic rings. The molecule has 146 heavy (non-hydrogen) atoms. The summed E-state index contributed by atoms with van der Waals surface area (Å²) in [6, 6.07) is 33.7. The van der Waals surface area contributed by atoms with Crippen molar-refractivity contribution in [1.29, 1.82) is 10.8 Å². The first kappa shape index (κ1) is 108. The Balaban J connectivity index is 0.844. The summed E-state index contributed by atoms with van der Waals surface area (Å²) in [6.07, 6.45) is 4.46. The van der Waals surface area contributed by atoms with Crippen LogP contribution in [-0.4, -0.2) is 313 Å². The molecular weight excluding hydrogens is 1880 g/mol. The number of carboxylic acids is 3. The van der Waals surface area contributed by atoms with Gasteiger partial charge in [0.25, 0.3) is 5.91 Å². The van der Waals surface area contributed by atoms with Crippen molar-refractivity contribution in [3.05, 3.63) is 245 Å². The van der Waals surface area contributed by atoms with E-state index in [1.165, 1.54) is 17.4 Å². The van der Waals surface area contributed by atoms with Gasteiger partial charge in [-0.3, -0.25) is 103 Å². The maximum Gasteiger partial charge on any atom is 0.330 e. The van der Waals surface area contributed by atoms with E-state index in [0.29, 0.717) is 78.1 Å². The maximum absolute atomic E-state index is 16.0. The number of nitrogens with two attached hydrogens (primary N) is 4. The number of aliphatic carboxylic acids is 3. The minimum absolute atomic E-state index is 0.00593. The molecule has 2 aliphatic heterocycles. The minimum Gasteiger partial charge on any atom is -0.480 e. The molecule has 3 aromatic heterocycles. The van der Waals surface area contributed by atoms with Gasteiger partial charge >= 0.3 is 23.9 Å². The summed E-state index contributed by atoms with van der Waals surface area (Å²) in [5.41, 5.74) is 32.7. The van der Waals surface area contributed by atoms with Crippen LogP contribution in [0.5, 0.6) is 0 Å². The number of benzene rings is 7. The van der Waals surface area contributed by atoms with E-state index >= 15 is 38.4 Å². The monoisotopic (exact) mass is 2000 g/mol. The second kappa shape index (κ2) is 53.5. The number of para-hydroxylation sites is 2. The molecule has 45 heteroatoms. The first-order valence-electron chi connectivity index (χ1n) is 48.1. The van der Waals surface area contributed by atoms with E-state index in [1.807, 2.05) is 29.7 Å². The number of carbonyl (C=O) groups is 15. The number of aromatic amines is 3. The van der Waals surface area contributed by atoms with Gasteiger partial charge in [0.15, 0.2) is 17.7 Å². The Morgan fingerprint density at radius 1 is 0.397 bits per heavy atom. The van der Waals surface area contributed by atoms with Gasteiger partial charge in [0.2, 0.25) is 53.2 Å². The highest BCUT2D eigenvalue weighted by Crippen LogP contribution is 2.27. The zero-order valence-electron chi connectivity index (χ0n) is 80.4. The topological polar surface area (TPSA) is 689 Å². The number of fused-ring (bicyclic) bond motifs is 3. The van der Waals surface area contributed by atoms with Crippen LogP contribution >= 0.6 is 0 Å². The molecule has 2 fully saturated rings. The van der Waals surface area contributed by atoms with Gasteiger partial charge in [0.1, 0.15) is 54.4 Å². The molecule has 45 nitrogen and oxygen atoms in total. The first-order valence-corrected chi connectivity index (χ1v) is 48.1. The van der Waals surface area contributed by atoms with Gasteiger partial charge in [-0.05, 0) is 94.8 Å². The Bertz CT molecular complexity index is 6230. The quantitative estimate of drug-likeness (QED) is 0.00754. The summed E-state index contributed by atoms with van der Waals surface area (Å²) in [5, 5.41) is 76.8. The van der Waals surface area contributed by atoms with Crippen LogP contribution < -0.4 is 87.0 Å². The van der Waals surface area contributed by atoms with Crippen molar-refractivity contribution >= 4 is 133 Å². The Kier molecular flexibility index (Phi) is 39.7. The minimum atomic E-state index is -1.67. The SMILES string of the molecule is N=C(N)NCCC[C@H](NC(=O)C(Cc1cccc2ccccc12)NC(=O)CN1CCN(CC(=O)O)CCN(CC(=O)O)CCN(CC(=O)O)CC1)C(=O)N[C@@H](Cc1c[nH]c2ccccc12)C(=O)N[C@@H](Cc1ccc(CN)cc1)C(=O)N[C@@H](Cc1cnc[nH]1)C(=O)N[C@H](CCCNC(=N)N)C(=O)N[C@@H](Cc1c[nH]c2ccccc12)C(=O)N[C@@H](Cc1ccc(C(=O)c2ccccc2)cc1)C(=O)N1CCC[C@H]1C(=O)NNC(N)=O. The zero-order chi connectivity index (χ0) is 104. The molecule has 9 atom stereocenters. The molecule has 12 amide bonds. The molecule has 7 aromatic carbocycles. The van der Waals surface area contributed by atoms with E-state index in [9.17, 15) is 48.9 Å². The van der Waals surface area contributed by atoms with Gasteiger partial charge in [0, 0.05) is 174 Å². The smallest absolute Gasteiger partial charge is 0.330 e. The molecule has 28 N–H and O–H groups in total. The van der Waals surface area contributed by atoms with Gasteiger partial charge in [-0.2, -0.15) is 0 Å². The van der Waals surface area contributed by atoms with Crippen molar-refractivity contribution in [2.45, 2.75) is 138 Å². The number of hydrazine groups is 1. The molecule has 0 bridgehead atoms. The van der Waals surface area contributed by atoms with Gasteiger partial charge < -0.3 is 111 Å². The number of ketones is 1. The predicted octanol–water partition coefficient (Wildman–Crippen LogP) is -0.458. The summed E-state index contributed by atoms with van der Waals surface area (Å²) < 4.78 is 0. The van der Waals surface area contributed by atoms with E-state index in [-0.39, 0.29) is 161 Å². The number of nitrogens with zero attached hydrogens (tertiary/aromatic N) is 6. The Morgan fingerprint density at radius 3 is 1.27 bits per heavy atom. The lowest BCUT2D eigenvalue weighted by Crippen LogP contribution is -2.61. The van der Waals surface area contributed by atoms with Crippen LogP contribution in [0.2, 0.25) is 0 Å². The van der Waals surface area contributed by atoms with Crippen LogP contribution in [0.1, 0.15) is 93.5 Å². The number of primary amides is 1. The highest BCUT2D eigenvalue weighted by molar-refractivity contribution is 6.09. The van der Waals surface area contributed by atoms with Gasteiger partial charge in [-0.25, -0.2) is 15.2 Å². The van der Waals surface area contributed by atoms with Gasteiger partial charge in [-0.15, -0.1) is 0 Å². The van der Waals surface area contributed by atoms with Crippen LogP contribution in [0, 0.1) is 10.8 Å². The van der Waals surface area contributed by atoms with E-state index in [1.54, 1.807) is 178 Å². The van der Waals surface area contributed by atoms with Crippen LogP contribution in [0.3, 0.4) is 0 Å². The number of guanidine groups is 2. The normalized spacial score (nSPS) is 15.5. The summed E-state index contributed by atoms with van der Waals surface area (Å²) in [7, 11) is 0. The average Bonchev–Trinajstić information content (AvgIpc) is 1.67.